The van der Waals surface area contributed by atoms with Crippen LogP contribution in [0.1, 0.15) is 17.2 Å². The van der Waals surface area contributed by atoms with Gasteiger partial charge in [-0.15, -0.1) is 0 Å². The number of halogens is 1. The van der Waals surface area contributed by atoms with Crippen molar-refractivity contribution in [3.05, 3.63) is 65.5 Å². The van der Waals surface area contributed by atoms with Crippen LogP contribution in [-0.2, 0) is 4.74 Å². The van der Waals surface area contributed by atoms with Gasteiger partial charge in [0, 0.05) is 11.3 Å². The third-order valence-electron chi connectivity index (χ3n) is 4.76. The molecule has 138 valence electrons. The van der Waals surface area contributed by atoms with Crippen molar-refractivity contribution in [2.75, 3.05) is 38.2 Å². The predicted octanol–water partition coefficient (Wildman–Crippen LogP) is 2.08. The lowest BCUT2D eigenvalue weighted by Crippen LogP contribution is -3.15. The quantitative estimate of drug-likeness (QED) is 0.701. The van der Waals surface area contributed by atoms with Crippen LogP contribution in [0.2, 0.25) is 0 Å². The Kier molecular flexibility index (Phi) is 6.55. The van der Waals surface area contributed by atoms with Crippen molar-refractivity contribution in [3.8, 4) is 0 Å². The van der Waals surface area contributed by atoms with Gasteiger partial charge in [0.15, 0.2) is 5.11 Å². The van der Waals surface area contributed by atoms with E-state index in [-0.39, 0.29) is 11.9 Å². The standard InChI is InChI=1S/C20H24FN3OS/c1-15-4-2-3-5-18(15)23-20(26)22-14-19(24-10-12-25-13-11-24)16-6-8-17(21)9-7-16/h2-9,19H,10-14H2,1H3,(H2,22,23,26)/p+1/t19-/m0/s1. The van der Waals surface area contributed by atoms with E-state index < -0.39 is 0 Å². The molecule has 0 aliphatic carbocycles. The molecule has 1 fully saturated rings. The van der Waals surface area contributed by atoms with E-state index >= 15 is 0 Å². The Morgan fingerprint density at radius 2 is 1.85 bits per heavy atom. The van der Waals surface area contributed by atoms with Gasteiger partial charge in [0.1, 0.15) is 24.9 Å². The van der Waals surface area contributed by atoms with Crippen molar-refractivity contribution >= 4 is 23.0 Å². The summed E-state index contributed by atoms with van der Waals surface area (Å²) in [6.45, 7) is 6.09. The highest BCUT2D eigenvalue weighted by molar-refractivity contribution is 7.80. The van der Waals surface area contributed by atoms with Crippen LogP contribution in [0.4, 0.5) is 10.1 Å². The number of aryl methyl sites for hydroxylation is 1. The molecule has 0 unspecified atom stereocenters. The first-order chi connectivity index (χ1) is 12.6. The van der Waals surface area contributed by atoms with E-state index in [2.05, 4.69) is 10.6 Å². The van der Waals surface area contributed by atoms with Crippen LogP contribution in [0.25, 0.3) is 0 Å². The molecule has 1 saturated heterocycles. The summed E-state index contributed by atoms with van der Waals surface area (Å²) >= 11 is 5.47. The fourth-order valence-electron chi connectivity index (χ4n) is 3.25. The third kappa shape index (κ3) is 5.00. The highest BCUT2D eigenvalue weighted by Crippen LogP contribution is 2.14. The molecular weight excluding hydrogens is 349 g/mol. The lowest BCUT2D eigenvalue weighted by Gasteiger charge is -2.32. The summed E-state index contributed by atoms with van der Waals surface area (Å²) in [7, 11) is 0. The van der Waals surface area contributed by atoms with Gasteiger partial charge in [0.25, 0.3) is 0 Å². The van der Waals surface area contributed by atoms with Gasteiger partial charge >= 0.3 is 0 Å². The molecule has 4 nitrogen and oxygen atoms in total. The Balaban J connectivity index is 1.66. The van der Waals surface area contributed by atoms with Crippen LogP contribution in [0.3, 0.4) is 0 Å². The van der Waals surface area contributed by atoms with E-state index in [1.165, 1.54) is 17.0 Å². The molecule has 3 N–H and O–H groups in total. The van der Waals surface area contributed by atoms with E-state index in [9.17, 15) is 4.39 Å². The molecule has 2 aromatic rings. The zero-order valence-electron chi connectivity index (χ0n) is 14.9. The van der Waals surface area contributed by atoms with Crippen LogP contribution >= 0.6 is 12.2 Å². The van der Waals surface area contributed by atoms with Gasteiger partial charge in [0.2, 0.25) is 0 Å². The number of hydrogen-bond donors (Lipinski definition) is 3. The zero-order valence-corrected chi connectivity index (χ0v) is 15.7. The van der Waals surface area contributed by atoms with Crippen molar-refractivity contribution in [1.82, 2.24) is 5.32 Å². The van der Waals surface area contributed by atoms with Gasteiger partial charge in [-0.05, 0) is 42.9 Å². The van der Waals surface area contributed by atoms with Gasteiger partial charge < -0.3 is 20.3 Å². The summed E-state index contributed by atoms with van der Waals surface area (Å²) in [5.41, 5.74) is 3.25. The fourth-order valence-corrected chi connectivity index (χ4v) is 3.44. The van der Waals surface area contributed by atoms with Crippen molar-refractivity contribution in [2.45, 2.75) is 13.0 Å². The molecule has 2 aromatic carbocycles. The minimum absolute atomic E-state index is 0.191. The largest absolute Gasteiger partial charge is 0.370 e. The molecule has 0 spiro atoms. The number of thiocarbonyl (C=S) groups is 1. The Morgan fingerprint density at radius 3 is 2.54 bits per heavy atom. The molecule has 0 aromatic heterocycles. The van der Waals surface area contributed by atoms with Crippen molar-refractivity contribution in [2.24, 2.45) is 0 Å². The summed E-state index contributed by atoms with van der Waals surface area (Å²) in [6.07, 6.45) is 0. The zero-order chi connectivity index (χ0) is 18.4. The summed E-state index contributed by atoms with van der Waals surface area (Å²) in [6, 6.07) is 15.0. The predicted molar refractivity (Wildman–Crippen MR) is 106 cm³/mol. The summed E-state index contributed by atoms with van der Waals surface area (Å²) in [5.74, 6) is -0.214. The van der Waals surface area contributed by atoms with Crippen LogP contribution in [0, 0.1) is 12.7 Å². The number of ether oxygens (including phenoxy) is 1. The van der Waals surface area contributed by atoms with E-state index in [1.807, 2.05) is 43.3 Å². The number of hydrogen-bond acceptors (Lipinski definition) is 2. The maximum atomic E-state index is 13.3. The number of benzene rings is 2. The maximum Gasteiger partial charge on any atom is 0.171 e. The molecule has 6 heteroatoms. The molecule has 26 heavy (non-hydrogen) atoms. The Hall–Kier alpha value is -2.02. The first-order valence-electron chi connectivity index (χ1n) is 8.92. The molecular formula is C20H25FN3OS+. The summed E-state index contributed by atoms with van der Waals surface area (Å²) in [4.78, 5) is 1.43. The van der Waals surface area contributed by atoms with Gasteiger partial charge in [-0.3, -0.25) is 0 Å². The molecule has 0 amide bonds. The lowest BCUT2D eigenvalue weighted by molar-refractivity contribution is -0.937. The second kappa shape index (κ2) is 9.07. The van der Waals surface area contributed by atoms with E-state index in [0.29, 0.717) is 11.7 Å². The van der Waals surface area contributed by atoms with Gasteiger partial charge in [-0.1, -0.05) is 30.3 Å². The highest BCUT2D eigenvalue weighted by Gasteiger charge is 2.26. The lowest BCUT2D eigenvalue weighted by atomic mass is 10.0. The molecule has 1 heterocycles. The first kappa shape index (κ1) is 18.8. The molecule has 0 saturated carbocycles. The number of rotatable bonds is 5. The molecule has 0 radical (unpaired) electrons. The van der Waals surface area contributed by atoms with Crippen molar-refractivity contribution < 1.29 is 14.0 Å². The van der Waals surface area contributed by atoms with Crippen molar-refractivity contribution in [1.29, 1.82) is 0 Å². The molecule has 1 aliphatic rings. The number of quaternary nitrogens is 1. The smallest absolute Gasteiger partial charge is 0.171 e. The van der Waals surface area contributed by atoms with Gasteiger partial charge in [-0.25, -0.2) is 4.39 Å². The van der Waals surface area contributed by atoms with Gasteiger partial charge in [0.05, 0.1) is 19.8 Å². The summed E-state index contributed by atoms with van der Waals surface area (Å²) in [5, 5.41) is 7.19. The Morgan fingerprint density at radius 1 is 1.15 bits per heavy atom. The highest BCUT2D eigenvalue weighted by atomic mass is 32.1. The minimum atomic E-state index is -0.214. The number of nitrogens with one attached hydrogen (secondary N) is 3. The second-order valence-corrected chi connectivity index (χ2v) is 6.93. The third-order valence-corrected chi connectivity index (χ3v) is 5.01. The normalized spacial score (nSPS) is 16.1. The van der Waals surface area contributed by atoms with E-state index in [0.717, 1.165) is 43.1 Å². The number of para-hydroxylation sites is 1. The average molecular weight is 375 g/mol. The van der Waals surface area contributed by atoms with E-state index in [1.54, 1.807) is 0 Å². The fraction of sp³-hybridized carbons (Fsp3) is 0.350. The van der Waals surface area contributed by atoms with Crippen LogP contribution in [-0.4, -0.2) is 38.0 Å². The summed E-state index contributed by atoms with van der Waals surface area (Å²) < 4.78 is 18.8. The molecule has 1 aliphatic heterocycles. The molecule has 1 atom stereocenters. The van der Waals surface area contributed by atoms with Crippen LogP contribution in [0.15, 0.2) is 48.5 Å². The molecule has 0 bridgehead atoms. The first-order valence-corrected chi connectivity index (χ1v) is 9.32. The van der Waals surface area contributed by atoms with Crippen molar-refractivity contribution in [3.63, 3.8) is 0 Å². The SMILES string of the molecule is Cc1ccccc1NC(=S)NC[C@@H](c1ccc(F)cc1)[NH+]1CCOCC1. The van der Waals surface area contributed by atoms with E-state index in [4.69, 9.17) is 17.0 Å². The average Bonchev–Trinajstić information content (AvgIpc) is 2.66. The minimum Gasteiger partial charge on any atom is -0.370 e. The topological polar surface area (TPSA) is 37.7 Å². The number of anilines is 1. The van der Waals surface area contributed by atoms with Crippen LogP contribution < -0.4 is 15.5 Å². The second-order valence-electron chi connectivity index (χ2n) is 6.52. The van der Waals surface area contributed by atoms with Gasteiger partial charge in [-0.2, -0.15) is 0 Å². The Labute approximate surface area is 159 Å². The molecule has 3 rings (SSSR count). The monoisotopic (exact) mass is 374 g/mol. The number of morpholine rings is 1. The Bertz CT molecular complexity index is 732. The maximum absolute atomic E-state index is 13.3. The van der Waals surface area contributed by atoms with Crippen LogP contribution in [0.5, 0.6) is 0 Å².